The van der Waals surface area contributed by atoms with Gasteiger partial charge in [0, 0.05) is 4.47 Å². The summed E-state index contributed by atoms with van der Waals surface area (Å²) < 4.78 is 10.5. The summed E-state index contributed by atoms with van der Waals surface area (Å²) in [5, 5.41) is 0. The molecule has 0 aliphatic rings. The van der Waals surface area contributed by atoms with Gasteiger partial charge in [-0.3, -0.25) is 9.59 Å². The van der Waals surface area contributed by atoms with E-state index < -0.39 is 11.9 Å². The highest BCUT2D eigenvalue weighted by atomic mass is 79.9. The molecule has 0 unspecified atom stereocenters. The van der Waals surface area contributed by atoms with Crippen molar-refractivity contribution in [2.75, 3.05) is 6.61 Å². The zero-order chi connectivity index (χ0) is 12.7. The monoisotopic (exact) mass is 300 g/mol. The van der Waals surface area contributed by atoms with Crippen molar-refractivity contribution in [1.29, 1.82) is 0 Å². The largest absolute Gasteiger partial charge is 0.466 e. The van der Waals surface area contributed by atoms with E-state index in [4.69, 9.17) is 4.74 Å². The van der Waals surface area contributed by atoms with Gasteiger partial charge < -0.3 is 9.47 Å². The average molecular weight is 301 g/mol. The Balaban J connectivity index is 2.35. The molecule has 0 amide bonds. The van der Waals surface area contributed by atoms with Crippen molar-refractivity contribution in [3.8, 4) is 0 Å². The molecule has 1 rings (SSSR count). The van der Waals surface area contributed by atoms with Crippen molar-refractivity contribution >= 4 is 27.9 Å². The minimum absolute atomic E-state index is 0.150. The molecule has 0 saturated carbocycles. The molecule has 0 aliphatic carbocycles. The zero-order valence-electron chi connectivity index (χ0n) is 9.44. The molecule has 1 aromatic carbocycles. The molecule has 0 aliphatic heterocycles. The summed E-state index contributed by atoms with van der Waals surface area (Å²) in [5.41, 5.74) is 0.858. The van der Waals surface area contributed by atoms with Crippen LogP contribution in [0.2, 0.25) is 0 Å². The summed E-state index contributed by atoms with van der Waals surface area (Å²) in [4.78, 5) is 22.2. The van der Waals surface area contributed by atoms with Gasteiger partial charge in [-0.25, -0.2) is 0 Å². The number of rotatable bonds is 5. The maximum atomic E-state index is 11.3. The van der Waals surface area contributed by atoms with Crippen LogP contribution in [0.15, 0.2) is 28.7 Å². The molecule has 0 saturated heterocycles. The molecule has 0 atom stereocenters. The van der Waals surface area contributed by atoms with Gasteiger partial charge in [0.1, 0.15) is 13.0 Å². The predicted molar refractivity (Wildman–Crippen MR) is 65.2 cm³/mol. The predicted octanol–water partition coefficient (Wildman–Crippen LogP) is 2.45. The Morgan fingerprint density at radius 3 is 2.59 bits per heavy atom. The highest BCUT2D eigenvalue weighted by Gasteiger charge is 2.11. The van der Waals surface area contributed by atoms with E-state index >= 15 is 0 Å². The number of halogens is 1. The molecule has 92 valence electrons. The number of carbonyl (C=O) groups excluding carboxylic acids is 2. The second kappa shape index (κ2) is 7.06. The Hall–Kier alpha value is -1.36. The van der Waals surface area contributed by atoms with Gasteiger partial charge >= 0.3 is 11.9 Å². The van der Waals surface area contributed by atoms with Crippen LogP contribution in [0, 0.1) is 0 Å². The molecule has 0 fully saturated rings. The van der Waals surface area contributed by atoms with E-state index in [0.717, 1.165) is 10.0 Å². The molecule has 0 aromatic heterocycles. The SMILES string of the molecule is CCOC(=O)CC(=O)OCc1cccc(Br)c1. The van der Waals surface area contributed by atoms with Crippen LogP contribution >= 0.6 is 15.9 Å². The zero-order valence-corrected chi connectivity index (χ0v) is 11.0. The maximum absolute atomic E-state index is 11.3. The molecule has 0 radical (unpaired) electrons. The second-order valence-electron chi connectivity index (χ2n) is 3.27. The number of hydrogen-bond donors (Lipinski definition) is 0. The Kier molecular flexibility index (Phi) is 5.69. The van der Waals surface area contributed by atoms with Crippen molar-refractivity contribution in [2.45, 2.75) is 20.0 Å². The van der Waals surface area contributed by atoms with Gasteiger partial charge in [0.25, 0.3) is 0 Å². The standard InChI is InChI=1S/C12H13BrO4/c1-2-16-11(14)7-12(15)17-8-9-4-3-5-10(13)6-9/h3-6H,2,7-8H2,1H3. The van der Waals surface area contributed by atoms with Crippen molar-refractivity contribution in [2.24, 2.45) is 0 Å². The molecular weight excluding hydrogens is 288 g/mol. The fraction of sp³-hybridized carbons (Fsp3) is 0.333. The van der Waals surface area contributed by atoms with Crippen molar-refractivity contribution < 1.29 is 19.1 Å². The summed E-state index contributed by atoms with van der Waals surface area (Å²) in [7, 11) is 0. The summed E-state index contributed by atoms with van der Waals surface area (Å²) in [6.45, 7) is 2.10. The number of hydrogen-bond acceptors (Lipinski definition) is 4. The van der Waals surface area contributed by atoms with Crippen LogP contribution < -0.4 is 0 Å². The Bertz CT molecular complexity index is 403. The molecule has 17 heavy (non-hydrogen) atoms. The Morgan fingerprint density at radius 2 is 1.94 bits per heavy atom. The average Bonchev–Trinajstić information content (AvgIpc) is 2.27. The summed E-state index contributed by atoms with van der Waals surface area (Å²) >= 11 is 3.32. The first-order chi connectivity index (χ1) is 8.11. The van der Waals surface area contributed by atoms with E-state index in [1.807, 2.05) is 24.3 Å². The van der Waals surface area contributed by atoms with Crippen LogP contribution in [0.3, 0.4) is 0 Å². The van der Waals surface area contributed by atoms with Gasteiger partial charge in [-0.2, -0.15) is 0 Å². The fourth-order valence-electron chi connectivity index (χ4n) is 1.17. The summed E-state index contributed by atoms with van der Waals surface area (Å²) in [6, 6.07) is 7.41. The van der Waals surface area contributed by atoms with Crippen LogP contribution in [-0.2, 0) is 25.7 Å². The first-order valence-electron chi connectivity index (χ1n) is 5.17. The van der Waals surface area contributed by atoms with Crippen molar-refractivity contribution in [3.63, 3.8) is 0 Å². The van der Waals surface area contributed by atoms with E-state index in [1.54, 1.807) is 6.92 Å². The fourth-order valence-corrected chi connectivity index (χ4v) is 1.62. The lowest BCUT2D eigenvalue weighted by atomic mass is 10.2. The van der Waals surface area contributed by atoms with E-state index in [2.05, 4.69) is 20.7 Å². The van der Waals surface area contributed by atoms with Gasteiger partial charge in [-0.15, -0.1) is 0 Å². The van der Waals surface area contributed by atoms with E-state index in [-0.39, 0.29) is 19.6 Å². The normalized spacial score (nSPS) is 9.76. The number of ether oxygens (including phenoxy) is 2. The third-order valence-corrected chi connectivity index (χ3v) is 2.38. The molecule has 0 spiro atoms. The van der Waals surface area contributed by atoms with Gasteiger partial charge in [0.05, 0.1) is 6.61 Å². The van der Waals surface area contributed by atoms with Crippen LogP contribution in [0.1, 0.15) is 18.9 Å². The van der Waals surface area contributed by atoms with E-state index in [0.29, 0.717) is 0 Å². The third-order valence-electron chi connectivity index (χ3n) is 1.88. The highest BCUT2D eigenvalue weighted by molar-refractivity contribution is 9.10. The van der Waals surface area contributed by atoms with Crippen molar-refractivity contribution in [3.05, 3.63) is 34.3 Å². The smallest absolute Gasteiger partial charge is 0.317 e. The molecule has 0 N–H and O–H groups in total. The quantitative estimate of drug-likeness (QED) is 0.619. The molecule has 0 bridgehead atoms. The molecule has 1 aromatic rings. The summed E-state index contributed by atoms with van der Waals surface area (Å²) in [6.07, 6.45) is -0.345. The van der Waals surface area contributed by atoms with Crippen LogP contribution in [0.5, 0.6) is 0 Å². The lowest BCUT2D eigenvalue weighted by Crippen LogP contribution is -2.13. The van der Waals surface area contributed by atoms with E-state index in [1.165, 1.54) is 0 Å². The second-order valence-corrected chi connectivity index (χ2v) is 4.19. The Morgan fingerprint density at radius 1 is 1.24 bits per heavy atom. The lowest BCUT2D eigenvalue weighted by Gasteiger charge is -2.05. The maximum Gasteiger partial charge on any atom is 0.317 e. The van der Waals surface area contributed by atoms with Gasteiger partial charge in [-0.1, -0.05) is 28.1 Å². The first kappa shape index (κ1) is 13.7. The molecule has 5 heteroatoms. The minimum atomic E-state index is -0.580. The van der Waals surface area contributed by atoms with Gasteiger partial charge in [0.15, 0.2) is 0 Å². The molecule has 0 heterocycles. The molecular formula is C12H13BrO4. The molecule has 4 nitrogen and oxygen atoms in total. The Labute approximate surface area is 108 Å². The number of carbonyl (C=O) groups is 2. The van der Waals surface area contributed by atoms with Crippen molar-refractivity contribution in [1.82, 2.24) is 0 Å². The third kappa shape index (κ3) is 5.49. The lowest BCUT2D eigenvalue weighted by molar-refractivity contribution is -0.155. The van der Waals surface area contributed by atoms with E-state index in [9.17, 15) is 9.59 Å². The van der Waals surface area contributed by atoms with Gasteiger partial charge in [0.2, 0.25) is 0 Å². The topological polar surface area (TPSA) is 52.6 Å². The van der Waals surface area contributed by atoms with Gasteiger partial charge in [-0.05, 0) is 24.6 Å². The number of esters is 2. The van der Waals surface area contributed by atoms with Crippen LogP contribution in [0.25, 0.3) is 0 Å². The van der Waals surface area contributed by atoms with Crippen LogP contribution in [-0.4, -0.2) is 18.5 Å². The minimum Gasteiger partial charge on any atom is -0.466 e. The first-order valence-corrected chi connectivity index (χ1v) is 5.96. The number of benzene rings is 1. The highest BCUT2D eigenvalue weighted by Crippen LogP contribution is 2.12. The van der Waals surface area contributed by atoms with Crippen LogP contribution in [0.4, 0.5) is 0 Å². The summed E-state index contributed by atoms with van der Waals surface area (Å²) in [5.74, 6) is -1.14.